The van der Waals surface area contributed by atoms with Crippen molar-refractivity contribution in [3.05, 3.63) is 72.3 Å². The van der Waals surface area contributed by atoms with Gasteiger partial charge in [-0.05, 0) is 80.7 Å². The first-order valence-corrected chi connectivity index (χ1v) is 17.6. The molecule has 2 aliphatic rings. The van der Waals surface area contributed by atoms with Crippen molar-refractivity contribution in [2.24, 2.45) is 7.05 Å². The van der Waals surface area contributed by atoms with Gasteiger partial charge in [0.1, 0.15) is 6.33 Å². The van der Waals surface area contributed by atoms with Crippen LogP contribution in [0.2, 0.25) is 0 Å². The Morgan fingerprint density at radius 1 is 0.667 bits per heavy atom. The average molecular weight is 668 g/mol. The molecular weight excluding hydrogens is 598 g/mol. The van der Waals surface area contributed by atoms with Crippen molar-refractivity contribution in [1.29, 1.82) is 0 Å². The molecule has 5 rings (SSSR count). The Morgan fingerprint density at radius 2 is 1.15 bits per heavy atom. The molecule has 5 heterocycles. The predicted molar refractivity (Wildman–Crippen MR) is 200 cm³/mol. The van der Waals surface area contributed by atoms with Crippen LogP contribution >= 0.6 is 0 Å². The number of aromatic nitrogens is 5. The van der Waals surface area contributed by atoms with Gasteiger partial charge in [-0.1, -0.05) is 68.4 Å². The second-order valence-electron chi connectivity index (χ2n) is 16.5. The highest BCUT2D eigenvalue weighted by atomic mass is 16.3. The summed E-state index contributed by atoms with van der Waals surface area (Å²) in [5.41, 5.74) is 3.18. The molecule has 272 valence electrons. The van der Waals surface area contributed by atoms with Crippen LogP contribution in [0.3, 0.4) is 0 Å². The number of pyridine rings is 2. The van der Waals surface area contributed by atoms with Gasteiger partial charge in [0.2, 0.25) is 0 Å². The fraction of sp³-hybridized carbons (Fsp3) is 0.692. The summed E-state index contributed by atoms with van der Waals surface area (Å²) >= 11 is 0. The minimum Gasteiger partial charge on any atom is -0.392 e. The highest BCUT2D eigenvalue weighted by molar-refractivity contribution is 5.19. The van der Waals surface area contributed by atoms with Crippen LogP contribution in [0.25, 0.3) is 0 Å². The number of β-amino-alcohol motifs (C(OH)–C–C–N with tert-alkyl or cyclic N) is 2. The van der Waals surface area contributed by atoms with Crippen molar-refractivity contribution >= 4 is 0 Å². The van der Waals surface area contributed by atoms with Gasteiger partial charge in [-0.15, -0.1) is 0 Å². The number of hydrogen-bond donors (Lipinski definition) is 2. The average Bonchev–Trinajstić information content (AvgIpc) is 3.76. The van der Waals surface area contributed by atoms with Gasteiger partial charge in [0.25, 0.3) is 0 Å². The van der Waals surface area contributed by atoms with Crippen molar-refractivity contribution < 1.29 is 10.2 Å². The summed E-state index contributed by atoms with van der Waals surface area (Å²) < 4.78 is 1.72. The quantitative estimate of drug-likeness (QED) is 0.308. The SMILES string of the molecule is CC(C)(C)c1cccnc1.CC(C)(C)c1ccncc1.CC(C)N1CC[C@@H](O)C1.CC(C)N1CC[C@H](O)C1.Cn1cnc(C(C)(C)C)n1. The fourth-order valence-electron chi connectivity index (χ4n) is 4.82. The maximum absolute atomic E-state index is 9.11. The molecule has 0 aromatic carbocycles. The second kappa shape index (κ2) is 20.1. The lowest BCUT2D eigenvalue weighted by Gasteiger charge is -2.18. The van der Waals surface area contributed by atoms with Gasteiger partial charge in [0, 0.05) is 75.5 Å². The van der Waals surface area contributed by atoms with Crippen LogP contribution < -0.4 is 0 Å². The predicted octanol–water partition coefficient (Wildman–Crippen LogP) is 6.79. The maximum atomic E-state index is 9.11. The summed E-state index contributed by atoms with van der Waals surface area (Å²) in [7, 11) is 1.88. The van der Waals surface area contributed by atoms with Gasteiger partial charge in [-0.25, -0.2) is 4.98 Å². The van der Waals surface area contributed by atoms with Crippen molar-refractivity contribution in [3.63, 3.8) is 0 Å². The van der Waals surface area contributed by atoms with Gasteiger partial charge in [0.15, 0.2) is 5.82 Å². The third-order valence-electron chi connectivity index (χ3n) is 8.19. The number of hydrogen-bond acceptors (Lipinski definition) is 8. The van der Waals surface area contributed by atoms with Crippen LogP contribution in [0.15, 0.2) is 55.4 Å². The highest BCUT2D eigenvalue weighted by Crippen LogP contribution is 2.21. The molecule has 9 heteroatoms. The Balaban J connectivity index is 0.000000300. The van der Waals surface area contributed by atoms with Crippen LogP contribution in [0.5, 0.6) is 0 Å². The zero-order valence-electron chi connectivity index (χ0n) is 32.8. The number of aryl methyl sites for hydroxylation is 1. The maximum Gasteiger partial charge on any atom is 0.155 e. The lowest BCUT2D eigenvalue weighted by Crippen LogP contribution is -2.28. The Labute approximate surface area is 293 Å². The fourth-order valence-corrected chi connectivity index (χ4v) is 4.82. The van der Waals surface area contributed by atoms with E-state index in [-0.39, 0.29) is 28.5 Å². The van der Waals surface area contributed by atoms with Crippen LogP contribution in [0.4, 0.5) is 0 Å². The molecule has 0 saturated carbocycles. The Morgan fingerprint density at radius 3 is 1.35 bits per heavy atom. The highest BCUT2D eigenvalue weighted by Gasteiger charge is 2.22. The molecule has 0 spiro atoms. The molecule has 2 saturated heterocycles. The molecule has 2 aliphatic heterocycles. The zero-order valence-corrected chi connectivity index (χ0v) is 32.8. The minimum absolute atomic E-state index is 0.0626. The largest absolute Gasteiger partial charge is 0.392 e. The molecule has 9 nitrogen and oxygen atoms in total. The lowest BCUT2D eigenvalue weighted by atomic mass is 9.88. The second-order valence-corrected chi connectivity index (χ2v) is 16.5. The van der Waals surface area contributed by atoms with Gasteiger partial charge < -0.3 is 10.2 Å². The van der Waals surface area contributed by atoms with E-state index in [9.17, 15) is 0 Å². The summed E-state index contributed by atoms with van der Waals surface area (Å²) in [5, 5.41) is 22.4. The third-order valence-corrected chi connectivity index (χ3v) is 8.19. The van der Waals surface area contributed by atoms with Crippen molar-refractivity contribution in [1.82, 2.24) is 34.5 Å². The smallest absolute Gasteiger partial charge is 0.155 e. The van der Waals surface area contributed by atoms with E-state index < -0.39 is 0 Å². The first kappa shape index (κ1) is 43.3. The van der Waals surface area contributed by atoms with E-state index in [0.717, 1.165) is 44.8 Å². The van der Waals surface area contributed by atoms with Crippen LogP contribution in [0, 0.1) is 0 Å². The monoisotopic (exact) mass is 668 g/mol. The van der Waals surface area contributed by atoms with E-state index in [1.165, 1.54) is 11.1 Å². The first-order chi connectivity index (χ1) is 22.1. The third kappa shape index (κ3) is 17.6. The Bertz CT molecular complexity index is 1170. The topological polar surface area (TPSA) is 103 Å². The van der Waals surface area contributed by atoms with Crippen molar-refractivity contribution in [3.8, 4) is 0 Å². The Kier molecular flexibility index (Phi) is 18.1. The standard InChI is InChI=1S/2C9H13N.C7H13N3.2C7H15NO/c1-9(2,3)8-4-6-10-7-5-8;1-9(2,3)8-5-4-6-10-7-8;1-7(2,3)6-8-5-10(4)9-6;2*1-6(2)8-4-3-7(9)5-8/h2*4-7H,1-3H3;5H,1-4H3;2*6-7,9H,3-5H2,1-2H3/t;;;2*7-/m...10/s1. The molecule has 2 fully saturated rings. The van der Waals surface area contributed by atoms with Crippen molar-refractivity contribution in [2.45, 2.75) is 143 Å². The summed E-state index contributed by atoms with van der Waals surface area (Å²) in [5.74, 6) is 0.898. The Hall–Kier alpha value is -2.72. The molecule has 48 heavy (non-hydrogen) atoms. The first-order valence-electron chi connectivity index (χ1n) is 17.6. The van der Waals surface area contributed by atoms with Gasteiger partial charge >= 0.3 is 0 Å². The van der Waals surface area contributed by atoms with Gasteiger partial charge in [-0.2, -0.15) is 5.10 Å². The molecule has 0 unspecified atom stereocenters. The molecule has 3 aromatic rings. The van der Waals surface area contributed by atoms with Crippen molar-refractivity contribution in [2.75, 3.05) is 26.2 Å². The normalized spacial score (nSPS) is 18.5. The van der Waals surface area contributed by atoms with E-state index in [1.807, 2.05) is 31.7 Å². The lowest BCUT2D eigenvalue weighted by molar-refractivity contribution is 0.166. The van der Waals surface area contributed by atoms with E-state index >= 15 is 0 Å². The molecule has 0 bridgehead atoms. The van der Waals surface area contributed by atoms with E-state index in [0.29, 0.717) is 12.1 Å². The van der Waals surface area contributed by atoms with E-state index in [1.54, 1.807) is 17.2 Å². The van der Waals surface area contributed by atoms with Gasteiger partial charge in [0.05, 0.1) is 12.2 Å². The summed E-state index contributed by atoms with van der Waals surface area (Å²) in [6.45, 7) is 32.0. The number of rotatable bonds is 2. The summed E-state index contributed by atoms with van der Waals surface area (Å²) in [4.78, 5) is 16.7. The summed E-state index contributed by atoms with van der Waals surface area (Å²) in [6.07, 6.45) is 10.9. The number of nitrogens with zero attached hydrogens (tertiary/aromatic N) is 7. The summed E-state index contributed by atoms with van der Waals surface area (Å²) in [6, 6.07) is 9.39. The molecular formula is C39H69N7O2. The molecule has 2 N–H and O–H groups in total. The van der Waals surface area contributed by atoms with E-state index in [4.69, 9.17) is 10.2 Å². The van der Waals surface area contributed by atoms with Crippen LogP contribution in [0.1, 0.15) is 120 Å². The van der Waals surface area contributed by atoms with Crippen LogP contribution in [-0.2, 0) is 23.3 Å². The number of aliphatic hydroxyl groups is 2. The van der Waals surface area contributed by atoms with E-state index in [2.05, 4.69) is 138 Å². The number of likely N-dealkylation sites (tertiary alicyclic amines) is 2. The number of aliphatic hydroxyl groups excluding tert-OH is 2. The molecule has 0 radical (unpaired) electrons. The molecule has 3 aromatic heterocycles. The van der Waals surface area contributed by atoms with Gasteiger partial charge in [-0.3, -0.25) is 24.4 Å². The molecule has 2 atom stereocenters. The zero-order chi connectivity index (χ0) is 36.7. The molecule has 0 aliphatic carbocycles. The van der Waals surface area contributed by atoms with Crippen LogP contribution in [-0.4, -0.2) is 95.2 Å². The minimum atomic E-state index is -0.0626. The molecule has 0 amide bonds.